The Morgan fingerprint density at radius 2 is 1.15 bits per heavy atom. The Balaban J connectivity index is 1.25. The van der Waals surface area contributed by atoms with Crippen molar-refractivity contribution in [3.8, 4) is 22.6 Å². The van der Waals surface area contributed by atoms with E-state index in [4.69, 9.17) is 9.47 Å². The number of ether oxygens (including phenoxy) is 2. The third kappa shape index (κ3) is 6.47. The fourth-order valence-corrected chi connectivity index (χ4v) is 6.61. The molecule has 4 aromatic rings. The first-order chi connectivity index (χ1) is 22.9. The van der Waals surface area contributed by atoms with Crippen molar-refractivity contribution in [2.24, 2.45) is 0 Å². The molecule has 2 fully saturated rings. The third-order valence-electron chi connectivity index (χ3n) is 8.65. The van der Waals surface area contributed by atoms with Crippen LogP contribution in [0.15, 0.2) is 84.9 Å². The Bertz CT molecular complexity index is 1930. The molecule has 4 aromatic carbocycles. The van der Waals surface area contributed by atoms with Crippen molar-refractivity contribution < 1.29 is 28.7 Å². The van der Waals surface area contributed by atoms with E-state index in [1.807, 2.05) is 120 Å². The summed E-state index contributed by atoms with van der Waals surface area (Å²) in [5.41, 5.74) is 5.84. The maximum Gasteiger partial charge on any atom is 0.241 e. The van der Waals surface area contributed by atoms with Gasteiger partial charge in [-0.25, -0.2) is 9.80 Å². The predicted molar refractivity (Wildman–Crippen MR) is 185 cm³/mol. The number of amides is 4. The Hall–Kier alpha value is -5.24. The topological polar surface area (TPSA) is 93.2 Å². The molecule has 2 aliphatic heterocycles. The average molecular weight is 645 g/mol. The minimum Gasteiger partial charge on any atom is -0.491 e. The number of anilines is 2. The maximum absolute atomic E-state index is 13.7. The van der Waals surface area contributed by atoms with Crippen LogP contribution in [-0.2, 0) is 19.2 Å². The molecule has 8 nitrogen and oxygen atoms in total. The molecule has 0 aromatic heterocycles. The second kappa shape index (κ2) is 13.1. The normalized spacial score (nSPS) is 18.1. The smallest absolute Gasteiger partial charge is 0.241 e. The molecule has 246 valence electrons. The zero-order chi connectivity index (χ0) is 34.3. The van der Waals surface area contributed by atoms with Gasteiger partial charge in [0.25, 0.3) is 0 Å². The first-order valence-electron chi connectivity index (χ1n) is 16.4. The summed E-state index contributed by atoms with van der Waals surface area (Å²) in [7, 11) is 0. The molecule has 2 saturated heterocycles. The van der Waals surface area contributed by atoms with E-state index < -0.39 is 11.8 Å². The van der Waals surface area contributed by atoms with E-state index in [9.17, 15) is 19.2 Å². The number of imide groups is 2. The number of carbonyl (C=O) groups excluding carboxylic acids is 4. The molecule has 2 atom stereocenters. The zero-order valence-electron chi connectivity index (χ0n) is 28.2. The summed E-state index contributed by atoms with van der Waals surface area (Å²) < 4.78 is 11.6. The average Bonchev–Trinajstić information content (AvgIpc) is 3.49. The molecule has 4 amide bonds. The van der Waals surface area contributed by atoms with Gasteiger partial charge < -0.3 is 9.47 Å². The van der Waals surface area contributed by atoms with E-state index in [1.165, 1.54) is 9.80 Å². The molecule has 0 unspecified atom stereocenters. The number of hydrogen-bond donors (Lipinski definition) is 0. The Morgan fingerprint density at radius 1 is 0.604 bits per heavy atom. The highest BCUT2D eigenvalue weighted by Crippen LogP contribution is 2.39. The number of aryl methyl sites for hydroxylation is 2. The van der Waals surface area contributed by atoms with Gasteiger partial charge in [0.1, 0.15) is 11.5 Å². The lowest BCUT2D eigenvalue weighted by Crippen LogP contribution is -2.30. The summed E-state index contributed by atoms with van der Waals surface area (Å²) in [6, 6.07) is 26.0. The Labute approximate surface area is 281 Å². The first-order valence-corrected chi connectivity index (χ1v) is 16.4. The Kier molecular flexibility index (Phi) is 8.93. The second-order valence-electron chi connectivity index (χ2n) is 13.2. The van der Waals surface area contributed by atoms with Gasteiger partial charge in [-0.2, -0.15) is 0 Å². The van der Waals surface area contributed by atoms with Crippen LogP contribution >= 0.6 is 0 Å². The van der Waals surface area contributed by atoms with Crippen LogP contribution in [0.1, 0.15) is 74.6 Å². The number of benzene rings is 4. The summed E-state index contributed by atoms with van der Waals surface area (Å²) >= 11 is 0. The van der Waals surface area contributed by atoms with E-state index >= 15 is 0 Å². The highest BCUT2D eigenvalue weighted by molar-refractivity contribution is 6.24. The molecule has 2 heterocycles. The molecule has 0 spiro atoms. The van der Waals surface area contributed by atoms with E-state index in [-0.39, 0.29) is 48.7 Å². The van der Waals surface area contributed by atoms with E-state index in [0.29, 0.717) is 22.9 Å². The number of carbonyl (C=O) groups is 4. The lowest BCUT2D eigenvalue weighted by Gasteiger charge is -2.20. The SMILES string of the molecule is Cc1cc(-c2ccc(N3C(=O)C[C@H](c4cccc(OC(C)C)c4)C3=O)c(C)c2)cc(N2C(=O)C[C@@H](c3cccc(OC(C)C)c3)C2=O)c1. The van der Waals surface area contributed by atoms with Crippen LogP contribution in [-0.4, -0.2) is 35.8 Å². The lowest BCUT2D eigenvalue weighted by molar-refractivity contribution is -0.123. The molecule has 8 heteroatoms. The largest absolute Gasteiger partial charge is 0.491 e. The predicted octanol–water partition coefficient (Wildman–Crippen LogP) is 7.64. The van der Waals surface area contributed by atoms with Crippen LogP contribution in [0.4, 0.5) is 11.4 Å². The van der Waals surface area contributed by atoms with Crippen molar-refractivity contribution in [3.05, 3.63) is 107 Å². The number of rotatable bonds is 9. The van der Waals surface area contributed by atoms with Gasteiger partial charge in [-0.3, -0.25) is 19.2 Å². The van der Waals surface area contributed by atoms with Crippen molar-refractivity contribution in [2.45, 2.75) is 78.4 Å². The summed E-state index contributed by atoms with van der Waals surface area (Å²) in [5.74, 6) is -0.905. The van der Waals surface area contributed by atoms with Crippen molar-refractivity contribution in [1.29, 1.82) is 0 Å². The quantitative estimate of drug-likeness (QED) is 0.174. The molecule has 6 rings (SSSR count). The molecule has 0 radical (unpaired) electrons. The van der Waals surface area contributed by atoms with Gasteiger partial charge in [0.15, 0.2) is 0 Å². The molecule has 0 bridgehead atoms. The fourth-order valence-electron chi connectivity index (χ4n) is 6.61. The van der Waals surface area contributed by atoms with Gasteiger partial charge in [-0.1, -0.05) is 36.4 Å². The standard InChI is InChI=1S/C40H40N2O6/c1-23(2)47-32-11-7-9-28(19-32)34-21-37(43)41(39(34)45)31-16-25(5)15-30(18-31)27-13-14-36(26(6)17-27)42-38(44)22-35(40(42)46)29-10-8-12-33(20-29)48-24(3)4/h7-20,23-24,34-35H,21-22H2,1-6H3/t34-,35+/m0/s1. The summed E-state index contributed by atoms with van der Waals surface area (Å²) in [5, 5.41) is 0. The molecule has 0 N–H and O–H groups in total. The minimum absolute atomic E-state index is 0.00989. The van der Waals surface area contributed by atoms with Gasteiger partial charge in [0.05, 0.1) is 35.4 Å². The van der Waals surface area contributed by atoms with Gasteiger partial charge in [0, 0.05) is 12.8 Å². The molecule has 2 aliphatic rings. The van der Waals surface area contributed by atoms with Crippen molar-refractivity contribution in [1.82, 2.24) is 0 Å². The van der Waals surface area contributed by atoms with Crippen LogP contribution in [0.2, 0.25) is 0 Å². The van der Waals surface area contributed by atoms with Crippen molar-refractivity contribution in [3.63, 3.8) is 0 Å². The van der Waals surface area contributed by atoms with Gasteiger partial charge in [-0.05, 0) is 123 Å². The van der Waals surface area contributed by atoms with E-state index in [2.05, 4.69) is 0 Å². The van der Waals surface area contributed by atoms with E-state index in [1.54, 1.807) is 6.07 Å². The van der Waals surface area contributed by atoms with E-state index in [0.717, 1.165) is 33.4 Å². The Morgan fingerprint density at radius 3 is 1.69 bits per heavy atom. The molecule has 48 heavy (non-hydrogen) atoms. The molecule has 0 saturated carbocycles. The molecular weight excluding hydrogens is 604 g/mol. The molecular formula is C40H40N2O6. The van der Waals surface area contributed by atoms with Crippen LogP contribution in [0.5, 0.6) is 11.5 Å². The van der Waals surface area contributed by atoms with Crippen LogP contribution in [0.3, 0.4) is 0 Å². The summed E-state index contributed by atoms with van der Waals surface area (Å²) in [6.45, 7) is 11.6. The minimum atomic E-state index is -0.594. The third-order valence-corrected chi connectivity index (χ3v) is 8.65. The summed E-state index contributed by atoms with van der Waals surface area (Å²) in [6.07, 6.45) is 0.140. The highest BCUT2D eigenvalue weighted by atomic mass is 16.5. The maximum atomic E-state index is 13.7. The summed E-state index contributed by atoms with van der Waals surface area (Å²) in [4.78, 5) is 56.4. The number of nitrogens with zero attached hydrogens (tertiary/aromatic N) is 2. The van der Waals surface area contributed by atoms with Crippen molar-refractivity contribution in [2.75, 3.05) is 9.80 Å². The van der Waals surface area contributed by atoms with Crippen LogP contribution in [0, 0.1) is 13.8 Å². The van der Waals surface area contributed by atoms with Gasteiger partial charge in [0.2, 0.25) is 23.6 Å². The second-order valence-corrected chi connectivity index (χ2v) is 13.2. The van der Waals surface area contributed by atoms with Gasteiger partial charge in [-0.15, -0.1) is 0 Å². The molecule has 0 aliphatic carbocycles. The monoisotopic (exact) mass is 644 g/mol. The first kappa shape index (κ1) is 32.7. The van der Waals surface area contributed by atoms with Crippen LogP contribution < -0.4 is 19.3 Å². The lowest BCUT2D eigenvalue weighted by atomic mass is 9.97. The van der Waals surface area contributed by atoms with Gasteiger partial charge >= 0.3 is 0 Å². The zero-order valence-corrected chi connectivity index (χ0v) is 28.2. The van der Waals surface area contributed by atoms with Crippen LogP contribution in [0.25, 0.3) is 11.1 Å². The number of hydrogen-bond acceptors (Lipinski definition) is 6. The fraction of sp³-hybridized carbons (Fsp3) is 0.300. The van der Waals surface area contributed by atoms with Crippen molar-refractivity contribution >= 4 is 35.0 Å². The highest BCUT2D eigenvalue weighted by Gasteiger charge is 2.42.